The Balaban J connectivity index is 1.29. The first-order valence-electron chi connectivity index (χ1n) is 13.3. The van der Waals surface area contributed by atoms with Crippen LogP contribution in [0.15, 0.2) is 116 Å². The van der Waals surface area contributed by atoms with Crippen molar-refractivity contribution in [2.45, 2.75) is 12.5 Å². The van der Waals surface area contributed by atoms with Gasteiger partial charge in [0, 0.05) is 46.9 Å². The number of para-hydroxylation sites is 2. The standard InChI is InChI=1S/C34H28N4O3/c1-41-34(40)31(20-27-21-35-30-14-8-7-13-29(27)30)36-32(39)18-17-26-22-38(28-11-3-2-4-12-28)37-33(26)25-16-15-23-9-5-6-10-24(23)19-25/h2-19,21-22,31,35H,20H2,1H3,(H,36,39)/b18-17+/t31-/m1/s1. The van der Waals surface area contributed by atoms with E-state index in [9.17, 15) is 9.59 Å². The molecule has 0 unspecified atom stereocenters. The largest absolute Gasteiger partial charge is 0.467 e. The molecule has 2 aromatic heterocycles. The van der Waals surface area contributed by atoms with E-state index in [0.29, 0.717) is 6.42 Å². The highest BCUT2D eigenvalue weighted by atomic mass is 16.5. The van der Waals surface area contributed by atoms with Crippen LogP contribution in [0.1, 0.15) is 11.1 Å². The molecule has 0 aliphatic carbocycles. The molecule has 2 heterocycles. The van der Waals surface area contributed by atoms with E-state index in [0.717, 1.165) is 49.7 Å². The number of nitrogens with zero attached hydrogens (tertiary/aromatic N) is 2. The second-order valence-corrected chi connectivity index (χ2v) is 9.76. The molecule has 6 aromatic rings. The van der Waals surface area contributed by atoms with Gasteiger partial charge in [0.15, 0.2) is 0 Å². The molecule has 1 amide bonds. The van der Waals surface area contributed by atoms with Crippen LogP contribution < -0.4 is 5.32 Å². The molecule has 0 fully saturated rings. The molecule has 7 heteroatoms. The van der Waals surface area contributed by atoms with E-state index in [4.69, 9.17) is 9.84 Å². The maximum atomic E-state index is 13.1. The van der Waals surface area contributed by atoms with Gasteiger partial charge in [-0.05, 0) is 46.7 Å². The van der Waals surface area contributed by atoms with Crippen molar-refractivity contribution >= 4 is 39.6 Å². The molecule has 202 valence electrons. The Bertz CT molecular complexity index is 1880. The smallest absolute Gasteiger partial charge is 0.328 e. The summed E-state index contributed by atoms with van der Waals surface area (Å²) in [5, 5.41) is 10.9. The van der Waals surface area contributed by atoms with Gasteiger partial charge < -0.3 is 15.0 Å². The third-order valence-electron chi connectivity index (χ3n) is 7.10. The molecular weight excluding hydrogens is 512 g/mol. The molecule has 4 aromatic carbocycles. The number of esters is 1. The van der Waals surface area contributed by atoms with E-state index in [-0.39, 0.29) is 0 Å². The summed E-state index contributed by atoms with van der Waals surface area (Å²) in [5.74, 6) is -0.914. The monoisotopic (exact) mass is 540 g/mol. The maximum absolute atomic E-state index is 13.1. The zero-order valence-corrected chi connectivity index (χ0v) is 22.5. The Kier molecular flexibility index (Phi) is 7.15. The Morgan fingerprint density at radius 3 is 2.54 bits per heavy atom. The number of methoxy groups -OCH3 is 1. The van der Waals surface area contributed by atoms with Gasteiger partial charge in [0.2, 0.25) is 5.91 Å². The van der Waals surface area contributed by atoms with Crippen molar-refractivity contribution in [3.63, 3.8) is 0 Å². The first-order valence-corrected chi connectivity index (χ1v) is 13.3. The highest BCUT2D eigenvalue weighted by Crippen LogP contribution is 2.28. The lowest BCUT2D eigenvalue weighted by atomic mass is 10.0. The fourth-order valence-corrected chi connectivity index (χ4v) is 5.02. The molecular formula is C34H28N4O3. The summed E-state index contributed by atoms with van der Waals surface area (Å²) in [5.41, 5.74) is 5.24. The minimum atomic E-state index is -0.844. The minimum absolute atomic E-state index is 0.296. The van der Waals surface area contributed by atoms with E-state index in [1.807, 2.05) is 85.2 Å². The lowest BCUT2D eigenvalue weighted by Gasteiger charge is -2.15. The van der Waals surface area contributed by atoms with E-state index >= 15 is 0 Å². The van der Waals surface area contributed by atoms with Crippen molar-refractivity contribution in [1.29, 1.82) is 0 Å². The van der Waals surface area contributed by atoms with Crippen molar-refractivity contribution in [1.82, 2.24) is 20.1 Å². The fourth-order valence-electron chi connectivity index (χ4n) is 5.02. The zero-order chi connectivity index (χ0) is 28.2. The second kappa shape index (κ2) is 11.4. The predicted octanol–water partition coefficient (Wildman–Crippen LogP) is 6.09. The number of H-pyrrole nitrogens is 1. The average molecular weight is 541 g/mol. The quantitative estimate of drug-likeness (QED) is 0.181. The molecule has 0 saturated heterocycles. The van der Waals surface area contributed by atoms with Crippen LogP contribution in [-0.2, 0) is 20.7 Å². The van der Waals surface area contributed by atoms with Gasteiger partial charge in [-0.3, -0.25) is 4.79 Å². The number of rotatable bonds is 8. The van der Waals surface area contributed by atoms with E-state index in [2.05, 4.69) is 34.6 Å². The number of fused-ring (bicyclic) bond motifs is 2. The first-order chi connectivity index (χ1) is 20.1. The third kappa shape index (κ3) is 5.51. The molecule has 0 aliphatic rings. The molecule has 2 N–H and O–H groups in total. The number of aromatic nitrogens is 3. The van der Waals surface area contributed by atoms with Crippen molar-refractivity contribution < 1.29 is 14.3 Å². The van der Waals surface area contributed by atoms with Gasteiger partial charge in [0.05, 0.1) is 18.5 Å². The molecule has 0 bridgehead atoms. The first kappa shape index (κ1) is 25.8. The molecule has 41 heavy (non-hydrogen) atoms. The van der Waals surface area contributed by atoms with Gasteiger partial charge in [0.1, 0.15) is 6.04 Å². The molecule has 0 spiro atoms. The zero-order valence-electron chi connectivity index (χ0n) is 22.5. The third-order valence-corrected chi connectivity index (χ3v) is 7.10. The van der Waals surface area contributed by atoms with Gasteiger partial charge in [-0.25, -0.2) is 9.48 Å². The predicted molar refractivity (Wildman–Crippen MR) is 161 cm³/mol. The summed E-state index contributed by atoms with van der Waals surface area (Å²) in [4.78, 5) is 28.9. The molecule has 0 saturated carbocycles. The summed E-state index contributed by atoms with van der Waals surface area (Å²) in [7, 11) is 1.32. The number of aromatic amines is 1. The summed E-state index contributed by atoms with van der Waals surface area (Å²) >= 11 is 0. The Hall–Kier alpha value is -5.43. The van der Waals surface area contributed by atoms with Gasteiger partial charge in [-0.15, -0.1) is 0 Å². The topological polar surface area (TPSA) is 89.0 Å². The highest BCUT2D eigenvalue weighted by Gasteiger charge is 2.23. The van der Waals surface area contributed by atoms with Crippen molar-refractivity contribution in [2.24, 2.45) is 0 Å². The van der Waals surface area contributed by atoms with Crippen LogP contribution in [0.2, 0.25) is 0 Å². The molecule has 7 nitrogen and oxygen atoms in total. The maximum Gasteiger partial charge on any atom is 0.328 e. The van der Waals surface area contributed by atoms with Crippen LogP contribution >= 0.6 is 0 Å². The number of nitrogens with one attached hydrogen (secondary N) is 2. The second-order valence-electron chi connectivity index (χ2n) is 9.76. The van der Waals surface area contributed by atoms with Crippen LogP contribution in [0.25, 0.3) is 44.7 Å². The van der Waals surface area contributed by atoms with Gasteiger partial charge >= 0.3 is 5.97 Å². The molecule has 0 radical (unpaired) electrons. The van der Waals surface area contributed by atoms with Crippen LogP contribution in [-0.4, -0.2) is 39.8 Å². The summed E-state index contributed by atoms with van der Waals surface area (Å²) < 4.78 is 6.80. The SMILES string of the molecule is COC(=O)[C@@H](Cc1c[nH]c2ccccc12)NC(=O)/C=C/c1cn(-c2ccccc2)nc1-c1ccc2ccccc2c1. The summed E-state index contributed by atoms with van der Waals surface area (Å²) in [6.07, 6.45) is 7.21. The Labute approximate surface area is 237 Å². The van der Waals surface area contributed by atoms with E-state index in [1.54, 1.807) is 10.8 Å². The van der Waals surface area contributed by atoms with Crippen LogP contribution in [0, 0.1) is 0 Å². The van der Waals surface area contributed by atoms with E-state index in [1.165, 1.54) is 13.2 Å². The fraction of sp³-hybridized carbons (Fsp3) is 0.0882. The number of carbonyl (C=O) groups is 2. The molecule has 6 rings (SSSR count). The van der Waals surface area contributed by atoms with Crippen LogP contribution in [0.4, 0.5) is 0 Å². The Morgan fingerprint density at radius 1 is 0.951 bits per heavy atom. The summed E-state index contributed by atoms with van der Waals surface area (Å²) in [6.45, 7) is 0. The lowest BCUT2D eigenvalue weighted by molar-refractivity contribution is -0.144. The van der Waals surface area contributed by atoms with E-state index < -0.39 is 17.9 Å². The normalized spacial score (nSPS) is 12.1. The van der Waals surface area contributed by atoms with Crippen molar-refractivity contribution in [2.75, 3.05) is 7.11 Å². The van der Waals surface area contributed by atoms with Crippen molar-refractivity contribution in [3.05, 3.63) is 127 Å². The number of carbonyl (C=O) groups excluding carboxylic acids is 2. The number of amides is 1. The lowest BCUT2D eigenvalue weighted by Crippen LogP contribution is -2.42. The number of ether oxygens (including phenoxy) is 1. The van der Waals surface area contributed by atoms with Gasteiger partial charge in [0.25, 0.3) is 0 Å². The molecule has 0 aliphatic heterocycles. The van der Waals surface area contributed by atoms with Gasteiger partial charge in [-0.1, -0.05) is 72.8 Å². The average Bonchev–Trinajstić information content (AvgIpc) is 3.64. The van der Waals surface area contributed by atoms with Crippen LogP contribution in [0.3, 0.4) is 0 Å². The Morgan fingerprint density at radius 2 is 1.71 bits per heavy atom. The molecule has 1 atom stereocenters. The highest BCUT2D eigenvalue weighted by molar-refractivity contribution is 5.96. The summed E-state index contributed by atoms with van der Waals surface area (Å²) in [6, 6.07) is 31.2. The number of hydrogen-bond acceptors (Lipinski definition) is 4. The number of hydrogen-bond donors (Lipinski definition) is 2. The number of benzene rings is 4. The van der Waals surface area contributed by atoms with Crippen molar-refractivity contribution in [3.8, 4) is 16.9 Å². The van der Waals surface area contributed by atoms with Crippen LogP contribution in [0.5, 0.6) is 0 Å². The minimum Gasteiger partial charge on any atom is -0.467 e. The van der Waals surface area contributed by atoms with Gasteiger partial charge in [-0.2, -0.15) is 5.10 Å².